The van der Waals surface area contributed by atoms with Gasteiger partial charge in [-0.3, -0.25) is 4.79 Å². The number of amides is 1. The van der Waals surface area contributed by atoms with Gasteiger partial charge in [0.2, 0.25) is 5.91 Å². The average molecular weight is 324 g/mol. The largest absolute Gasteiger partial charge is 0.489 e. The number of ether oxygens (including phenoxy) is 1. The topological polar surface area (TPSA) is 52.3 Å². The Morgan fingerprint density at radius 2 is 1.89 bits per heavy atom. The van der Waals surface area contributed by atoms with Gasteiger partial charge in [-0.05, 0) is 45.8 Å². The Morgan fingerprint density at radius 1 is 1.21 bits per heavy atom. The number of rotatable bonds is 4. The molecule has 0 saturated heterocycles. The summed E-state index contributed by atoms with van der Waals surface area (Å²) in [5.41, 5.74) is 6.46. The van der Waals surface area contributed by atoms with Crippen LogP contribution in [0.3, 0.4) is 0 Å². The van der Waals surface area contributed by atoms with Gasteiger partial charge in [0.25, 0.3) is 0 Å². The normalized spacial score (nSPS) is 10.2. The van der Waals surface area contributed by atoms with Crippen LogP contribution >= 0.6 is 15.9 Å². The van der Waals surface area contributed by atoms with Crippen LogP contribution in [-0.2, 0) is 6.61 Å². The summed E-state index contributed by atoms with van der Waals surface area (Å²) in [6, 6.07) is 11.3. The van der Waals surface area contributed by atoms with E-state index in [2.05, 4.69) is 15.9 Å². The number of hydrogen-bond acceptors (Lipinski definition) is 2. The van der Waals surface area contributed by atoms with E-state index in [1.165, 1.54) is 6.07 Å². The van der Waals surface area contributed by atoms with Crippen molar-refractivity contribution in [1.29, 1.82) is 0 Å². The van der Waals surface area contributed by atoms with Crippen molar-refractivity contribution >= 4 is 21.8 Å². The number of primary amides is 1. The van der Waals surface area contributed by atoms with E-state index in [9.17, 15) is 9.18 Å². The maximum Gasteiger partial charge on any atom is 0.248 e. The van der Waals surface area contributed by atoms with E-state index in [4.69, 9.17) is 10.5 Å². The molecule has 0 bridgehead atoms. The van der Waals surface area contributed by atoms with Crippen molar-refractivity contribution < 1.29 is 13.9 Å². The summed E-state index contributed by atoms with van der Waals surface area (Å²) in [5.74, 6) is -0.399. The van der Waals surface area contributed by atoms with Crippen molar-refractivity contribution in [3.05, 3.63) is 63.9 Å². The summed E-state index contributed by atoms with van der Waals surface area (Å²) in [6.45, 7) is 0.292. The molecule has 19 heavy (non-hydrogen) atoms. The number of halogens is 2. The van der Waals surface area contributed by atoms with Crippen molar-refractivity contribution in [2.75, 3.05) is 0 Å². The van der Waals surface area contributed by atoms with Crippen molar-refractivity contribution in [2.24, 2.45) is 5.73 Å². The minimum absolute atomic E-state index is 0.292. The van der Waals surface area contributed by atoms with Crippen LogP contribution < -0.4 is 10.5 Å². The summed E-state index contributed by atoms with van der Waals surface area (Å²) < 4.78 is 19.1. The zero-order valence-electron chi connectivity index (χ0n) is 9.90. The van der Waals surface area contributed by atoms with Gasteiger partial charge in [-0.2, -0.15) is 0 Å². The third kappa shape index (κ3) is 3.54. The Hall–Kier alpha value is -1.88. The molecule has 1 amide bonds. The third-order valence-corrected chi connectivity index (χ3v) is 3.18. The lowest BCUT2D eigenvalue weighted by molar-refractivity contribution is 0.1000. The summed E-state index contributed by atoms with van der Waals surface area (Å²) in [7, 11) is 0. The highest BCUT2D eigenvalue weighted by molar-refractivity contribution is 9.10. The molecule has 0 aromatic heterocycles. The van der Waals surface area contributed by atoms with Crippen LogP contribution in [0.4, 0.5) is 4.39 Å². The van der Waals surface area contributed by atoms with E-state index >= 15 is 0 Å². The highest BCUT2D eigenvalue weighted by Gasteiger charge is 2.03. The fourth-order valence-electron chi connectivity index (χ4n) is 1.50. The van der Waals surface area contributed by atoms with E-state index in [1.54, 1.807) is 36.4 Å². The Labute approximate surface area is 118 Å². The van der Waals surface area contributed by atoms with Gasteiger partial charge < -0.3 is 10.5 Å². The smallest absolute Gasteiger partial charge is 0.248 e. The van der Waals surface area contributed by atoms with Crippen LogP contribution in [0, 0.1) is 5.82 Å². The molecular formula is C14H11BrFNO2. The molecule has 5 heteroatoms. The number of carbonyl (C=O) groups is 1. The van der Waals surface area contributed by atoms with Gasteiger partial charge >= 0.3 is 0 Å². The van der Waals surface area contributed by atoms with Crippen molar-refractivity contribution in [3.63, 3.8) is 0 Å². The lowest BCUT2D eigenvalue weighted by Gasteiger charge is -2.07. The van der Waals surface area contributed by atoms with Crippen LogP contribution in [0.5, 0.6) is 5.75 Å². The maximum atomic E-state index is 13.3. The molecule has 98 valence electrons. The molecule has 0 aliphatic rings. The molecule has 0 saturated carbocycles. The molecule has 2 N–H and O–H groups in total. The lowest BCUT2D eigenvalue weighted by atomic mass is 10.1. The number of benzene rings is 2. The first-order valence-corrected chi connectivity index (χ1v) is 6.32. The van der Waals surface area contributed by atoms with Crippen LogP contribution in [0.15, 0.2) is 46.9 Å². The quantitative estimate of drug-likeness (QED) is 0.938. The Kier molecular flexibility index (Phi) is 4.16. The zero-order chi connectivity index (χ0) is 13.8. The van der Waals surface area contributed by atoms with Crippen LogP contribution in [0.25, 0.3) is 0 Å². The van der Waals surface area contributed by atoms with E-state index in [0.29, 0.717) is 22.4 Å². The number of nitrogens with two attached hydrogens (primary N) is 1. The fraction of sp³-hybridized carbons (Fsp3) is 0.0714. The summed E-state index contributed by atoms with van der Waals surface area (Å²) >= 11 is 3.07. The molecule has 2 aromatic carbocycles. The van der Waals surface area contributed by atoms with Crippen LogP contribution in [-0.4, -0.2) is 5.91 Å². The average Bonchev–Trinajstić information content (AvgIpc) is 2.40. The second-order valence-electron chi connectivity index (χ2n) is 3.93. The van der Waals surface area contributed by atoms with Gasteiger partial charge in [0.1, 0.15) is 18.2 Å². The Bertz CT molecular complexity index is 599. The molecule has 0 atom stereocenters. The minimum atomic E-state index is -0.470. The Morgan fingerprint density at radius 3 is 2.47 bits per heavy atom. The van der Waals surface area contributed by atoms with E-state index in [0.717, 1.165) is 5.56 Å². The molecule has 0 fully saturated rings. The predicted molar refractivity (Wildman–Crippen MR) is 73.4 cm³/mol. The lowest BCUT2D eigenvalue weighted by Crippen LogP contribution is -2.10. The fourth-order valence-corrected chi connectivity index (χ4v) is 1.75. The highest BCUT2D eigenvalue weighted by atomic mass is 79.9. The molecule has 0 heterocycles. The first kappa shape index (κ1) is 13.5. The van der Waals surface area contributed by atoms with Gasteiger partial charge in [-0.15, -0.1) is 0 Å². The van der Waals surface area contributed by atoms with Crippen molar-refractivity contribution in [2.45, 2.75) is 6.61 Å². The standard InChI is InChI=1S/C14H11BrFNO2/c15-12-6-5-11(7-13(12)16)19-8-9-1-3-10(4-2-9)14(17)18/h1-7H,8H2,(H2,17,18). The molecule has 2 aromatic rings. The van der Waals surface area contributed by atoms with E-state index in [-0.39, 0.29) is 5.82 Å². The van der Waals surface area contributed by atoms with Gasteiger partial charge in [0, 0.05) is 11.6 Å². The summed E-state index contributed by atoms with van der Waals surface area (Å²) in [6.07, 6.45) is 0. The highest BCUT2D eigenvalue weighted by Crippen LogP contribution is 2.21. The molecular weight excluding hydrogens is 313 g/mol. The summed E-state index contributed by atoms with van der Waals surface area (Å²) in [5, 5.41) is 0. The van der Waals surface area contributed by atoms with Crippen molar-refractivity contribution in [1.82, 2.24) is 0 Å². The first-order valence-electron chi connectivity index (χ1n) is 5.53. The van der Waals surface area contributed by atoms with Gasteiger partial charge in [0.05, 0.1) is 4.47 Å². The third-order valence-electron chi connectivity index (χ3n) is 2.54. The van der Waals surface area contributed by atoms with Crippen molar-refractivity contribution in [3.8, 4) is 5.75 Å². The Balaban J connectivity index is 2.01. The molecule has 0 aliphatic carbocycles. The van der Waals surface area contributed by atoms with Gasteiger partial charge in [-0.1, -0.05) is 12.1 Å². The monoisotopic (exact) mass is 323 g/mol. The van der Waals surface area contributed by atoms with E-state index in [1.807, 2.05) is 0 Å². The first-order chi connectivity index (χ1) is 9.06. The second kappa shape index (κ2) is 5.84. The van der Waals surface area contributed by atoms with Gasteiger partial charge in [0.15, 0.2) is 0 Å². The van der Waals surface area contributed by atoms with Crippen LogP contribution in [0.2, 0.25) is 0 Å². The van der Waals surface area contributed by atoms with Gasteiger partial charge in [-0.25, -0.2) is 4.39 Å². The molecule has 0 radical (unpaired) electrons. The minimum Gasteiger partial charge on any atom is -0.489 e. The maximum absolute atomic E-state index is 13.3. The number of hydrogen-bond donors (Lipinski definition) is 1. The zero-order valence-corrected chi connectivity index (χ0v) is 11.5. The molecule has 0 spiro atoms. The van der Waals surface area contributed by atoms with E-state index < -0.39 is 5.91 Å². The molecule has 0 aliphatic heterocycles. The second-order valence-corrected chi connectivity index (χ2v) is 4.78. The molecule has 0 unspecified atom stereocenters. The predicted octanol–water partition coefficient (Wildman–Crippen LogP) is 3.27. The number of carbonyl (C=O) groups excluding carboxylic acids is 1. The SMILES string of the molecule is NC(=O)c1ccc(COc2ccc(Br)c(F)c2)cc1. The molecule has 3 nitrogen and oxygen atoms in total. The van der Waals surface area contributed by atoms with Crippen LogP contribution in [0.1, 0.15) is 15.9 Å². The molecule has 2 rings (SSSR count). The summed E-state index contributed by atoms with van der Waals surface area (Å²) in [4.78, 5) is 10.9.